The minimum atomic E-state index is -0.338. The zero-order chi connectivity index (χ0) is 23.2. The lowest BCUT2D eigenvalue weighted by atomic mass is 10.2. The van der Waals surface area contributed by atoms with Gasteiger partial charge in [-0.15, -0.1) is 0 Å². The van der Waals surface area contributed by atoms with Gasteiger partial charge in [0.2, 0.25) is 5.91 Å². The fourth-order valence-corrected chi connectivity index (χ4v) is 3.35. The van der Waals surface area contributed by atoms with Crippen molar-refractivity contribution in [1.82, 2.24) is 0 Å². The van der Waals surface area contributed by atoms with Crippen molar-refractivity contribution in [2.24, 2.45) is 0 Å². The Kier molecular flexibility index (Phi) is 6.69. The molecule has 0 fully saturated rings. The number of amides is 2. The van der Waals surface area contributed by atoms with Crippen LogP contribution in [0.1, 0.15) is 11.1 Å². The first-order chi connectivity index (χ1) is 16.0. The van der Waals surface area contributed by atoms with Crippen LogP contribution in [-0.4, -0.2) is 31.6 Å². The van der Waals surface area contributed by atoms with E-state index in [1.807, 2.05) is 31.2 Å². The third kappa shape index (κ3) is 5.77. The highest BCUT2D eigenvalue weighted by atomic mass is 19.1. The molecule has 33 heavy (non-hydrogen) atoms. The van der Waals surface area contributed by atoms with Crippen molar-refractivity contribution in [3.8, 4) is 11.5 Å². The number of carbonyl (C=O) groups excluding carboxylic acids is 2. The fraction of sp³-hybridized carbons (Fsp3) is 0.154. The molecule has 1 N–H and O–H groups in total. The van der Waals surface area contributed by atoms with Crippen LogP contribution >= 0.6 is 0 Å². The molecule has 1 aliphatic heterocycles. The molecule has 1 aliphatic rings. The second-order valence-corrected chi connectivity index (χ2v) is 7.55. The zero-order valence-corrected chi connectivity index (χ0v) is 18.1. The van der Waals surface area contributed by atoms with E-state index in [1.165, 1.54) is 18.2 Å². The van der Waals surface area contributed by atoms with Crippen molar-refractivity contribution in [3.63, 3.8) is 0 Å². The smallest absolute Gasteiger partial charge is 0.265 e. The average Bonchev–Trinajstić information content (AvgIpc) is 2.81. The fourth-order valence-electron chi connectivity index (χ4n) is 3.35. The summed E-state index contributed by atoms with van der Waals surface area (Å²) >= 11 is 0. The topological polar surface area (TPSA) is 67.9 Å². The van der Waals surface area contributed by atoms with Crippen LogP contribution in [0.2, 0.25) is 0 Å². The van der Waals surface area contributed by atoms with Gasteiger partial charge in [-0.3, -0.25) is 9.59 Å². The monoisotopic (exact) mass is 446 g/mol. The Labute approximate surface area is 191 Å². The third-order valence-electron chi connectivity index (χ3n) is 5.07. The molecule has 0 saturated heterocycles. The maximum Gasteiger partial charge on any atom is 0.265 e. The summed E-state index contributed by atoms with van der Waals surface area (Å²) in [5.74, 6) is 0.418. The van der Waals surface area contributed by atoms with E-state index in [2.05, 4.69) is 5.32 Å². The average molecular weight is 446 g/mol. The van der Waals surface area contributed by atoms with Crippen molar-refractivity contribution >= 4 is 29.3 Å². The summed E-state index contributed by atoms with van der Waals surface area (Å²) in [7, 11) is 0. The standard InChI is InChI=1S/C26H23FN2O4/c1-18-2-10-22(11-3-18)32-15-14-29-23-12-9-21(16-24(23)33-17-26(29)31)28-25(30)13-6-19-4-7-20(27)8-5-19/h2-13,16H,14-15,17H2,1H3,(H,28,30)/b13-6+. The van der Waals surface area contributed by atoms with Crippen LogP contribution in [0, 0.1) is 12.7 Å². The Bertz CT molecular complexity index is 1170. The van der Waals surface area contributed by atoms with E-state index in [1.54, 1.807) is 41.3 Å². The van der Waals surface area contributed by atoms with E-state index in [4.69, 9.17) is 9.47 Å². The predicted octanol–water partition coefficient (Wildman–Crippen LogP) is 4.59. The van der Waals surface area contributed by atoms with E-state index in [-0.39, 0.29) is 24.2 Å². The Hall–Kier alpha value is -4.13. The van der Waals surface area contributed by atoms with E-state index in [0.29, 0.717) is 35.8 Å². The number of ether oxygens (including phenoxy) is 2. The number of nitrogens with one attached hydrogen (secondary N) is 1. The van der Waals surface area contributed by atoms with Crippen molar-refractivity contribution in [3.05, 3.63) is 89.8 Å². The number of aryl methyl sites for hydroxylation is 1. The number of fused-ring (bicyclic) bond motifs is 1. The number of carbonyl (C=O) groups is 2. The number of benzene rings is 3. The molecule has 0 unspecified atom stereocenters. The molecule has 0 aromatic heterocycles. The molecule has 3 aromatic rings. The van der Waals surface area contributed by atoms with Gasteiger partial charge in [-0.25, -0.2) is 4.39 Å². The van der Waals surface area contributed by atoms with E-state index >= 15 is 0 Å². The summed E-state index contributed by atoms with van der Waals surface area (Å²) in [6, 6.07) is 18.7. The SMILES string of the molecule is Cc1ccc(OCCN2C(=O)COc3cc(NC(=O)/C=C/c4ccc(F)cc4)ccc32)cc1. The maximum absolute atomic E-state index is 13.0. The number of hydrogen-bond donors (Lipinski definition) is 1. The van der Waals surface area contributed by atoms with Gasteiger partial charge in [-0.2, -0.15) is 0 Å². The normalized spacial score (nSPS) is 12.9. The molecule has 0 saturated carbocycles. The maximum atomic E-state index is 13.0. The Morgan fingerprint density at radius 1 is 1.12 bits per heavy atom. The van der Waals surface area contributed by atoms with Crippen LogP contribution in [0.4, 0.5) is 15.8 Å². The number of halogens is 1. The highest BCUT2D eigenvalue weighted by Crippen LogP contribution is 2.34. The van der Waals surface area contributed by atoms with Gasteiger partial charge in [0.25, 0.3) is 5.91 Å². The van der Waals surface area contributed by atoms with Crippen LogP contribution in [0.5, 0.6) is 11.5 Å². The summed E-state index contributed by atoms with van der Waals surface area (Å²) in [5.41, 5.74) is 3.02. The van der Waals surface area contributed by atoms with E-state index in [9.17, 15) is 14.0 Å². The molecule has 3 aromatic carbocycles. The summed E-state index contributed by atoms with van der Waals surface area (Å²) in [5, 5.41) is 2.76. The molecule has 0 radical (unpaired) electrons. The Morgan fingerprint density at radius 3 is 2.64 bits per heavy atom. The minimum Gasteiger partial charge on any atom is -0.492 e. The first-order valence-electron chi connectivity index (χ1n) is 10.5. The van der Waals surface area contributed by atoms with Crippen LogP contribution in [0.3, 0.4) is 0 Å². The largest absolute Gasteiger partial charge is 0.492 e. The van der Waals surface area contributed by atoms with E-state index < -0.39 is 0 Å². The third-order valence-corrected chi connectivity index (χ3v) is 5.07. The molecule has 1 heterocycles. The molecule has 2 amide bonds. The van der Waals surface area contributed by atoms with Crippen molar-refractivity contribution in [2.45, 2.75) is 6.92 Å². The van der Waals surface area contributed by atoms with Gasteiger partial charge in [0, 0.05) is 17.8 Å². The zero-order valence-electron chi connectivity index (χ0n) is 18.1. The minimum absolute atomic E-state index is 0.0839. The summed E-state index contributed by atoms with van der Waals surface area (Å²) in [6.07, 6.45) is 2.96. The van der Waals surface area contributed by atoms with Gasteiger partial charge >= 0.3 is 0 Å². The van der Waals surface area contributed by atoms with E-state index in [0.717, 1.165) is 11.3 Å². The lowest BCUT2D eigenvalue weighted by Crippen LogP contribution is -2.41. The van der Waals surface area contributed by atoms with Gasteiger partial charge in [0.1, 0.15) is 23.9 Å². The van der Waals surface area contributed by atoms with Gasteiger partial charge < -0.3 is 19.7 Å². The number of hydrogen-bond acceptors (Lipinski definition) is 4. The van der Waals surface area contributed by atoms with Gasteiger partial charge in [0.15, 0.2) is 6.61 Å². The highest BCUT2D eigenvalue weighted by Gasteiger charge is 2.25. The van der Waals surface area contributed by atoms with Crippen LogP contribution in [-0.2, 0) is 9.59 Å². The molecular weight excluding hydrogens is 423 g/mol. The lowest BCUT2D eigenvalue weighted by molar-refractivity contribution is -0.121. The van der Waals surface area contributed by atoms with Crippen LogP contribution in [0.15, 0.2) is 72.8 Å². The quantitative estimate of drug-likeness (QED) is 0.539. The predicted molar refractivity (Wildman–Crippen MR) is 125 cm³/mol. The molecule has 7 heteroatoms. The molecule has 0 atom stereocenters. The van der Waals surface area contributed by atoms with Crippen molar-refractivity contribution < 1.29 is 23.5 Å². The molecule has 6 nitrogen and oxygen atoms in total. The first-order valence-corrected chi connectivity index (χ1v) is 10.5. The number of rotatable bonds is 7. The van der Waals surface area contributed by atoms with Crippen molar-refractivity contribution in [1.29, 1.82) is 0 Å². The molecule has 0 spiro atoms. The Balaban J connectivity index is 1.38. The molecular formula is C26H23FN2O4. The van der Waals surface area contributed by atoms with Crippen molar-refractivity contribution in [2.75, 3.05) is 30.0 Å². The molecule has 0 aliphatic carbocycles. The molecule has 4 rings (SSSR count). The summed E-state index contributed by atoms with van der Waals surface area (Å²) in [6.45, 7) is 2.63. The summed E-state index contributed by atoms with van der Waals surface area (Å²) in [4.78, 5) is 26.2. The van der Waals surface area contributed by atoms with Gasteiger partial charge in [-0.05, 0) is 55.0 Å². The van der Waals surface area contributed by atoms with Crippen LogP contribution in [0.25, 0.3) is 6.08 Å². The van der Waals surface area contributed by atoms with Gasteiger partial charge in [-0.1, -0.05) is 29.8 Å². The Morgan fingerprint density at radius 2 is 1.88 bits per heavy atom. The summed E-state index contributed by atoms with van der Waals surface area (Å²) < 4.78 is 24.3. The number of anilines is 2. The van der Waals surface area contributed by atoms with Crippen LogP contribution < -0.4 is 19.7 Å². The van der Waals surface area contributed by atoms with Gasteiger partial charge in [0.05, 0.1) is 12.2 Å². The first kappa shape index (κ1) is 22.1. The molecule has 0 bridgehead atoms. The number of nitrogens with zero attached hydrogens (tertiary/aromatic N) is 1. The highest BCUT2D eigenvalue weighted by molar-refractivity contribution is 6.03. The second kappa shape index (κ2) is 9.99. The molecule has 168 valence electrons. The second-order valence-electron chi connectivity index (χ2n) is 7.55. The lowest BCUT2D eigenvalue weighted by Gasteiger charge is -2.29.